The summed E-state index contributed by atoms with van der Waals surface area (Å²) in [5, 5.41) is 0. The van der Waals surface area contributed by atoms with Gasteiger partial charge in [0.1, 0.15) is 0 Å². The second-order valence-corrected chi connectivity index (χ2v) is 7.05. The van der Waals surface area contributed by atoms with Crippen molar-refractivity contribution in [3.05, 3.63) is 23.8 Å². The van der Waals surface area contributed by atoms with Crippen LogP contribution in [0.3, 0.4) is 0 Å². The molecule has 0 spiro atoms. The van der Waals surface area contributed by atoms with Crippen molar-refractivity contribution in [2.75, 3.05) is 46.7 Å². The minimum atomic E-state index is -1.08. The van der Waals surface area contributed by atoms with Gasteiger partial charge >= 0.3 is 12.1 Å². The second-order valence-electron chi connectivity index (χ2n) is 7.05. The highest BCUT2D eigenvalue weighted by atomic mass is 16.7. The van der Waals surface area contributed by atoms with E-state index in [0.717, 1.165) is 4.90 Å². The highest BCUT2D eigenvalue weighted by molar-refractivity contribution is 6.01. The van der Waals surface area contributed by atoms with Gasteiger partial charge in [0.15, 0.2) is 17.3 Å². The number of hydrogen-bond acceptors (Lipinski definition) is 9. The molecule has 2 heterocycles. The average Bonchev–Trinajstić information content (AvgIpc) is 3.20. The Balaban J connectivity index is 1.48. The lowest BCUT2D eigenvalue weighted by molar-refractivity contribution is -0.168. The number of fused-ring (bicyclic) bond motifs is 1. The molecule has 2 aliphatic rings. The number of nitrogens with zero attached hydrogens (tertiary/aromatic N) is 2. The molecule has 0 N–H and O–H groups in total. The number of ether oxygens (including phenoxy) is 5. The van der Waals surface area contributed by atoms with Crippen molar-refractivity contribution in [2.45, 2.75) is 26.2 Å². The molecule has 0 saturated carbocycles. The van der Waals surface area contributed by atoms with Gasteiger partial charge in [0, 0.05) is 32.6 Å². The highest BCUT2D eigenvalue weighted by Crippen LogP contribution is 2.33. The number of Topliss-reactive ketones (excluding diaryl/α,β-unsaturated/α-hetero) is 1. The number of amides is 1. The summed E-state index contributed by atoms with van der Waals surface area (Å²) in [6.45, 7) is 5.67. The van der Waals surface area contributed by atoms with Crippen LogP contribution in [0.15, 0.2) is 18.2 Å². The first kappa shape index (κ1) is 21.8. The maximum Gasteiger partial charge on any atom is 0.413 e. The van der Waals surface area contributed by atoms with Gasteiger partial charge in [-0.3, -0.25) is 14.5 Å². The van der Waals surface area contributed by atoms with E-state index in [1.54, 1.807) is 25.1 Å². The third kappa shape index (κ3) is 5.39. The molecule has 1 aromatic rings. The fourth-order valence-electron chi connectivity index (χ4n) is 3.04. The van der Waals surface area contributed by atoms with Gasteiger partial charge in [0.2, 0.25) is 13.1 Å². The molecule has 10 nitrogen and oxygen atoms in total. The molecular weight excluding hydrogens is 396 g/mol. The fraction of sp³-hybridized carbons (Fsp3) is 0.550. The lowest BCUT2D eigenvalue weighted by Crippen LogP contribution is -2.43. The van der Waals surface area contributed by atoms with Crippen molar-refractivity contribution in [2.24, 2.45) is 0 Å². The van der Waals surface area contributed by atoms with Crippen molar-refractivity contribution < 1.29 is 38.1 Å². The Hall–Kier alpha value is -2.85. The first-order chi connectivity index (χ1) is 14.3. The lowest BCUT2D eigenvalue weighted by Gasteiger charge is -2.27. The second kappa shape index (κ2) is 9.77. The van der Waals surface area contributed by atoms with E-state index in [2.05, 4.69) is 0 Å². The van der Waals surface area contributed by atoms with E-state index in [1.165, 1.54) is 14.0 Å². The molecular formula is C20H26N2O8. The Labute approximate surface area is 174 Å². The molecule has 0 radical (unpaired) electrons. The lowest BCUT2D eigenvalue weighted by atomic mass is 10.0. The number of benzene rings is 1. The maximum atomic E-state index is 12.7. The van der Waals surface area contributed by atoms with E-state index in [4.69, 9.17) is 23.7 Å². The Morgan fingerprint density at radius 3 is 2.53 bits per heavy atom. The van der Waals surface area contributed by atoms with Gasteiger partial charge in [-0.2, -0.15) is 0 Å². The maximum absolute atomic E-state index is 12.7. The van der Waals surface area contributed by atoms with Gasteiger partial charge in [-0.05, 0) is 25.1 Å². The number of likely N-dealkylation sites (N-methyl/N-ethyl adjacent to an activating group) is 1. The predicted molar refractivity (Wildman–Crippen MR) is 103 cm³/mol. The standard InChI is InChI=1S/C20H26N2O8/c1-13(19(24)15-4-5-16-17(10-15)28-12-27-16)21(3)20(25)30-14(2)29-18(23)11-22-6-8-26-9-7-22/h4-5,10,13-14H,6-9,11-12H2,1-3H3. The first-order valence-corrected chi connectivity index (χ1v) is 9.72. The molecule has 0 bridgehead atoms. The monoisotopic (exact) mass is 422 g/mol. The van der Waals surface area contributed by atoms with Gasteiger partial charge in [-0.15, -0.1) is 0 Å². The van der Waals surface area contributed by atoms with Crippen LogP contribution in [-0.4, -0.2) is 86.7 Å². The summed E-state index contributed by atoms with van der Waals surface area (Å²) in [5.74, 6) is 0.271. The topological polar surface area (TPSA) is 104 Å². The van der Waals surface area contributed by atoms with Crippen LogP contribution in [0, 0.1) is 0 Å². The summed E-state index contributed by atoms with van der Waals surface area (Å²) in [7, 11) is 1.44. The quantitative estimate of drug-likeness (QED) is 0.365. The van der Waals surface area contributed by atoms with Crippen LogP contribution in [0.1, 0.15) is 24.2 Å². The third-order valence-corrected chi connectivity index (χ3v) is 4.93. The zero-order valence-electron chi connectivity index (χ0n) is 17.3. The van der Waals surface area contributed by atoms with E-state index in [1.807, 2.05) is 4.90 Å². The largest absolute Gasteiger partial charge is 0.454 e. The van der Waals surface area contributed by atoms with Crippen LogP contribution in [-0.2, 0) is 19.0 Å². The molecule has 1 fully saturated rings. The number of morpholine rings is 1. The van der Waals surface area contributed by atoms with Crippen molar-refractivity contribution in [3.63, 3.8) is 0 Å². The Morgan fingerprint density at radius 2 is 1.80 bits per heavy atom. The molecule has 164 valence electrons. The summed E-state index contributed by atoms with van der Waals surface area (Å²) < 4.78 is 26.0. The number of hydrogen-bond donors (Lipinski definition) is 0. The molecule has 10 heteroatoms. The minimum Gasteiger partial charge on any atom is -0.454 e. The smallest absolute Gasteiger partial charge is 0.413 e. The summed E-state index contributed by atoms with van der Waals surface area (Å²) in [6.07, 6.45) is -1.86. The molecule has 1 saturated heterocycles. The van der Waals surface area contributed by atoms with Crippen LogP contribution < -0.4 is 9.47 Å². The van der Waals surface area contributed by atoms with E-state index in [9.17, 15) is 14.4 Å². The zero-order chi connectivity index (χ0) is 21.7. The van der Waals surface area contributed by atoms with Gasteiger partial charge in [-0.25, -0.2) is 4.79 Å². The van der Waals surface area contributed by atoms with E-state index < -0.39 is 24.4 Å². The van der Waals surface area contributed by atoms with E-state index in [0.29, 0.717) is 43.4 Å². The summed E-state index contributed by atoms with van der Waals surface area (Å²) >= 11 is 0. The Bertz CT molecular complexity index is 793. The molecule has 1 amide bonds. The zero-order valence-corrected chi connectivity index (χ0v) is 17.3. The molecule has 30 heavy (non-hydrogen) atoms. The highest BCUT2D eigenvalue weighted by Gasteiger charge is 2.28. The van der Waals surface area contributed by atoms with E-state index >= 15 is 0 Å². The molecule has 2 atom stereocenters. The normalized spacial score (nSPS) is 17.7. The van der Waals surface area contributed by atoms with Gasteiger partial charge in [0.25, 0.3) is 0 Å². The number of rotatable bonds is 7. The average molecular weight is 422 g/mol. The molecule has 0 aliphatic carbocycles. The van der Waals surface area contributed by atoms with Crippen molar-refractivity contribution in [1.29, 1.82) is 0 Å². The van der Waals surface area contributed by atoms with Crippen LogP contribution in [0.4, 0.5) is 4.79 Å². The molecule has 1 aromatic carbocycles. The molecule has 2 aliphatic heterocycles. The van der Waals surface area contributed by atoms with Crippen LogP contribution >= 0.6 is 0 Å². The van der Waals surface area contributed by atoms with Crippen molar-refractivity contribution in [3.8, 4) is 11.5 Å². The van der Waals surface area contributed by atoms with Crippen LogP contribution in [0.2, 0.25) is 0 Å². The summed E-state index contributed by atoms with van der Waals surface area (Å²) in [6, 6.07) is 4.04. The van der Waals surface area contributed by atoms with Crippen molar-refractivity contribution >= 4 is 17.8 Å². The van der Waals surface area contributed by atoms with Crippen LogP contribution in [0.5, 0.6) is 11.5 Å². The minimum absolute atomic E-state index is 0.0973. The van der Waals surface area contributed by atoms with Gasteiger partial charge in [-0.1, -0.05) is 0 Å². The summed E-state index contributed by atoms with van der Waals surface area (Å²) in [5.41, 5.74) is 0.386. The predicted octanol–water partition coefficient (Wildman–Crippen LogP) is 1.28. The molecule has 0 aromatic heterocycles. The summed E-state index contributed by atoms with van der Waals surface area (Å²) in [4.78, 5) is 40.2. The Morgan fingerprint density at radius 1 is 1.10 bits per heavy atom. The number of ketones is 1. The molecule has 2 unspecified atom stereocenters. The van der Waals surface area contributed by atoms with Gasteiger partial charge in [0.05, 0.1) is 25.8 Å². The first-order valence-electron chi connectivity index (χ1n) is 9.72. The SMILES string of the molecule is CC(OC(=O)CN1CCOCC1)OC(=O)N(C)C(C)C(=O)c1ccc2c(c1)OCO2. The van der Waals surface area contributed by atoms with Crippen LogP contribution in [0.25, 0.3) is 0 Å². The number of carbonyl (C=O) groups is 3. The number of esters is 1. The fourth-order valence-corrected chi connectivity index (χ4v) is 3.04. The van der Waals surface area contributed by atoms with E-state index in [-0.39, 0.29) is 19.1 Å². The number of carbonyl (C=O) groups excluding carboxylic acids is 3. The third-order valence-electron chi connectivity index (χ3n) is 4.93. The Kier molecular flexibility index (Phi) is 7.11. The van der Waals surface area contributed by atoms with Gasteiger partial charge < -0.3 is 28.6 Å². The molecule has 3 rings (SSSR count). The van der Waals surface area contributed by atoms with Crippen molar-refractivity contribution in [1.82, 2.24) is 9.80 Å².